The number of carbonyl (C=O) groups excluding carboxylic acids is 1. The molecule has 0 aliphatic carbocycles. The second-order valence-electron chi connectivity index (χ2n) is 10.6. The lowest BCUT2D eigenvalue weighted by Gasteiger charge is -2.38. The Labute approximate surface area is 243 Å². The van der Waals surface area contributed by atoms with Gasteiger partial charge in [-0.1, -0.05) is 36.4 Å². The zero-order chi connectivity index (χ0) is 29.6. The monoisotopic (exact) mass is 580 g/mol. The third-order valence-corrected chi connectivity index (χ3v) is 7.91. The molecule has 1 aliphatic rings. The SMILES string of the molecule is COCCNC(=O)c1ccc2nn(CC3CCN(C(c4ccccc4)c4ccc(OC(F)F)cc4F)CC3)cc2c1C. The van der Waals surface area contributed by atoms with E-state index in [4.69, 9.17) is 9.84 Å². The van der Waals surface area contributed by atoms with E-state index in [0.717, 1.165) is 60.6 Å². The first kappa shape index (κ1) is 29.6. The van der Waals surface area contributed by atoms with Crippen molar-refractivity contribution in [3.63, 3.8) is 0 Å². The highest BCUT2D eigenvalue weighted by atomic mass is 19.3. The van der Waals surface area contributed by atoms with Gasteiger partial charge in [0.05, 0.1) is 18.2 Å². The molecular weight excluding hydrogens is 545 g/mol. The van der Waals surface area contributed by atoms with E-state index < -0.39 is 12.4 Å². The van der Waals surface area contributed by atoms with Crippen molar-refractivity contribution in [3.8, 4) is 5.75 Å². The minimum Gasteiger partial charge on any atom is -0.435 e. The number of alkyl halides is 2. The van der Waals surface area contributed by atoms with Crippen molar-refractivity contribution < 1.29 is 27.4 Å². The molecule has 0 spiro atoms. The van der Waals surface area contributed by atoms with Gasteiger partial charge in [-0.15, -0.1) is 0 Å². The lowest BCUT2D eigenvalue weighted by atomic mass is 9.91. The Morgan fingerprint density at radius 3 is 2.55 bits per heavy atom. The van der Waals surface area contributed by atoms with Crippen LogP contribution in [0.2, 0.25) is 0 Å². The molecular formula is C32H35F3N4O3. The number of hydrogen-bond acceptors (Lipinski definition) is 5. The summed E-state index contributed by atoms with van der Waals surface area (Å²) in [5.41, 5.74) is 3.73. The fourth-order valence-corrected chi connectivity index (χ4v) is 5.77. The predicted octanol–water partition coefficient (Wildman–Crippen LogP) is 5.96. The van der Waals surface area contributed by atoms with Crippen LogP contribution in [0.5, 0.6) is 5.75 Å². The maximum Gasteiger partial charge on any atom is 0.387 e. The zero-order valence-electron chi connectivity index (χ0n) is 23.7. The van der Waals surface area contributed by atoms with Crippen molar-refractivity contribution in [3.05, 3.63) is 94.9 Å². The van der Waals surface area contributed by atoms with Crippen LogP contribution in [-0.2, 0) is 11.3 Å². The molecule has 1 fully saturated rings. The Morgan fingerprint density at radius 1 is 1.10 bits per heavy atom. The van der Waals surface area contributed by atoms with Crippen molar-refractivity contribution in [1.29, 1.82) is 0 Å². The molecule has 0 bridgehead atoms. The summed E-state index contributed by atoms with van der Waals surface area (Å²) in [6.07, 6.45) is 3.79. The van der Waals surface area contributed by atoms with E-state index in [-0.39, 0.29) is 17.7 Å². The van der Waals surface area contributed by atoms with Gasteiger partial charge in [0, 0.05) is 49.0 Å². The van der Waals surface area contributed by atoms with E-state index in [1.54, 1.807) is 13.2 Å². The van der Waals surface area contributed by atoms with E-state index in [1.165, 1.54) is 6.07 Å². The first-order valence-electron chi connectivity index (χ1n) is 14.1. The van der Waals surface area contributed by atoms with Gasteiger partial charge in [-0.05, 0) is 68.1 Å². The van der Waals surface area contributed by atoms with Gasteiger partial charge in [0.1, 0.15) is 11.6 Å². The third kappa shape index (κ3) is 6.77. The number of halogens is 3. The van der Waals surface area contributed by atoms with Crippen LogP contribution in [0.3, 0.4) is 0 Å². The molecule has 1 N–H and O–H groups in total. The quantitative estimate of drug-likeness (QED) is 0.222. The lowest BCUT2D eigenvalue weighted by molar-refractivity contribution is -0.0500. The number of nitrogens with zero attached hydrogens (tertiary/aromatic N) is 3. The van der Waals surface area contributed by atoms with Gasteiger partial charge in [-0.2, -0.15) is 13.9 Å². The molecule has 5 rings (SSSR count). The van der Waals surface area contributed by atoms with Gasteiger partial charge < -0.3 is 14.8 Å². The standard InChI is InChI=1S/C32H35F3N4O3/c1-21-25(31(40)36-14-17-41-2)10-11-29-27(21)20-39(37-29)19-22-12-15-38(16-13-22)30(23-6-4-3-5-7-23)26-9-8-24(18-28(26)33)42-32(34)35/h3-11,18,20,22,30,32H,12-17,19H2,1-2H3,(H,36,40). The molecule has 4 aromatic rings. The van der Waals surface area contributed by atoms with Crippen LogP contribution in [-0.4, -0.2) is 60.6 Å². The van der Waals surface area contributed by atoms with Gasteiger partial charge in [0.25, 0.3) is 5.91 Å². The largest absolute Gasteiger partial charge is 0.435 e. The first-order chi connectivity index (χ1) is 20.3. The molecule has 10 heteroatoms. The number of rotatable bonds is 11. The van der Waals surface area contributed by atoms with Gasteiger partial charge in [0.15, 0.2) is 0 Å². The number of carbonyl (C=O) groups is 1. The summed E-state index contributed by atoms with van der Waals surface area (Å²) in [5, 5.41) is 8.59. The molecule has 2 heterocycles. The molecule has 1 unspecified atom stereocenters. The molecule has 1 aliphatic heterocycles. The maximum atomic E-state index is 15.3. The van der Waals surface area contributed by atoms with E-state index >= 15 is 4.39 Å². The minimum atomic E-state index is -3.01. The molecule has 1 aromatic heterocycles. The highest BCUT2D eigenvalue weighted by Crippen LogP contribution is 2.35. The van der Waals surface area contributed by atoms with E-state index in [1.807, 2.05) is 60.3 Å². The van der Waals surface area contributed by atoms with Gasteiger partial charge in [0.2, 0.25) is 0 Å². The van der Waals surface area contributed by atoms with Crippen molar-refractivity contribution in [1.82, 2.24) is 20.0 Å². The Morgan fingerprint density at radius 2 is 1.86 bits per heavy atom. The number of fused-ring (bicyclic) bond motifs is 1. The number of amides is 1. The number of likely N-dealkylation sites (tertiary alicyclic amines) is 1. The van der Waals surface area contributed by atoms with Crippen molar-refractivity contribution in [2.75, 3.05) is 33.4 Å². The van der Waals surface area contributed by atoms with E-state index in [0.29, 0.717) is 30.2 Å². The highest BCUT2D eigenvalue weighted by Gasteiger charge is 2.30. The van der Waals surface area contributed by atoms with Crippen LogP contribution in [0.4, 0.5) is 13.2 Å². The minimum absolute atomic E-state index is 0.132. The summed E-state index contributed by atoms with van der Waals surface area (Å²) in [6, 6.07) is 17.0. The number of methoxy groups -OCH3 is 1. The maximum absolute atomic E-state index is 15.3. The Bertz CT molecular complexity index is 1500. The van der Waals surface area contributed by atoms with Gasteiger partial charge in [-0.3, -0.25) is 14.4 Å². The summed E-state index contributed by atoms with van der Waals surface area (Å²) in [5.74, 6) is -0.533. The molecule has 0 saturated carbocycles. The van der Waals surface area contributed by atoms with E-state index in [2.05, 4.69) is 15.0 Å². The van der Waals surface area contributed by atoms with Gasteiger partial charge in [-0.25, -0.2) is 4.39 Å². The van der Waals surface area contributed by atoms with Crippen LogP contribution in [0, 0.1) is 18.7 Å². The molecule has 3 aromatic carbocycles. The highest BCUT2D eigenvalue weighted by molar-refractivity contribution is 6.00. The van der Waals surface area contributed by atoms with E-state index in [9.17, 15) is 13.6 Å². The molecule has 7 nitrogen and oxygen atoms in total. The smallest absolute Gasteiger partial charge is 0.387 e. The number of hydrogen-bond donors (Lipinski definition) is 1. The van der Waals surface area contributed by atoms with Crippen molar-refractivity contribution in [2.45, 2.75) is 39.0 Å². The van der Waals surface area contributed by atoms with Crippen LogP contribution in [0.15, 0.2) is 66.9 Å². The van der Waals surface area contributed by atoms with Gasteiger partial charge >= 0.3 is 6.61 Å². The molecule has 1 saturated heterocycles. The van der Waals surface area contributed by atoms with Crippen LogP contribution in [0.25, 0.3) is 10.9 Å². The van der Waals surface area contributed by atoms with Crippen LogP contribution in [0.1, 0.15) is 45.9 Å². The summed E-state index contributed by atoms with van der Waals surface area (Å²) in [4.78, 5) is 14.9. The number of piperidine rings is 1. The van der Waals surface area contributed by atoms with Crippen molar-refractivity contribution in [2.24, 2.45) is 5.92 Å². The molecule has 222 valence electrons. The second kappa shape index (κ2) is 13.4. The predicted molar refractivity (Wildman–Crippen MR) is 154 cm³/mol. The summed E-state index contributed by atoms with van der Waals surface area (Å²) in [6.45, 7) is 2.04. The zero-order valence-corrected chi connectivity index (χ0v) is 23.7. The number of aryl methyl sites for hydroxylation is 1. The average Bonchev–Trinajstić information content (AvgIpc) is 3.39. The Hall–Kier alpha value is -3.89. The number of ether oxygens (including phenoxy) is 2. The third-order valence-electron chi connectivity index (χ3n) is 7.91. The second-order valence-corrected chi connectivity index (χ2v) is 10.6. The summed E-state index contributed by atoms with van der Waals surface area (Å²) >= 11 is 0. The molecule has 1 atom stereocenters. The van der Waals surface area contributed by atoms with Crippen LogP contribution < -0.4 is 10.1 Å². The average molecular weight is 581 g/mol. The number of benzene rings is 3. The lowest BCUT2D eigenvalue weighted by Crippen LogP contribution is -2.38. The Kier molecular flexibility index (Phi) is 9.44. The Balaban J connectivity index is 1.28. The fraction of sp³-hybridized carbons (Fsp3) is 0.375. The van der Waals surface area contributed by atoms with Crippen molar-refractivity contribution >= 4 is 16.8 Å². The number of nitrogens with one attached hydrogen (secondary N) is 1. The fourth-order valence-electron chi connectivity index (χ4n) is 5.77. The normalized spacial score (nSPS) is 15.3. The topological polar surface area (TPSA) is 68.6 Å². The molecule has 0 radical (unpaired) electrons. The molecule has 1 amide bonds. The first-order valence-corrected chi connectivity index (χ1v) is 14.1. The molecule has 42 heavy (non-hydrogen) atoms. The number of aromatic nitrogens is 2. The summed E-state index contributed by atoms with van der Waals surface area (Å²) in [7, 11) is 1.60. The summed E-state index contributed by atoms with van der Waals surface area (Å²) < 4.78 is 51.9. The van der Waals surface area contributed by atoms with Crippen LogP contribution >= 0.6 is 0 Å².